The Labute approximate surface area is 194 Å². The maximum absolute atomic E-state index is 12.9. The van der Waals surface area contributed by atoms with Crippen LogP contribution in [0.3, 0.4) is 0 Å². The van der Waals surface area contributed by atoms with E-state index in [1.165, 1.54) is 42.5 Å². The van der Waals surface area contributed by atoms with Gasteiger partial charge in [0.15, 0.2) is 0 Å². The predicted octanol–water partition coefficient (Wildman–Crippen LogP) is -1.02. The van der Waals surface area contributed by atoms with E-state index in [4.69, 9.17) is 4.74 Å². The summed E-state index contributed by atoms with van der Waals surface area (Å²) < 4.78 is 7.32. The molecule has 0 aliphatic carbocycles. The summed E-state index contributed by atoms with van der Waals surface area (Å²) in [5, 5.41) is 7.11. The fourth-order valence-corrected chi connectivity index (χ4v) is 2.93. The lowest BCUT2D eigenvalue weighted by molar-refractivity contribution is -0.143. The van der Waals surface area contributed by atoms with Crippen molar-refractivity contribution < 1.29 is 28.7 Å². The van der Waals surface area contributed by atoms with Crippen LogP contribution < -0.4 is 21.5 Å². The van der Waals surface area contributed by atoms with Gasteiger partial charge in [0.25, 0.3) is 17.4 Å². The van der Waals surface area contributed by atoms with Crippen molar-refractivity contribution in [2.45, 2.75) is 32.4 Å². The topological polar surface area (TPSA) is 170 Å². The van der Waals surface area contributed by atoms with Gasteiger partial charge in [0, 0.05) is 26.7 Å². The van der Waals surface area contributed by atoms with Crippen LogP contribution in [0.15, 0.2) is 35.6 Å². The van der Waals surface area contributed by atoms with E-state index in [-0.39, 0.29) is 37.4 Å². The zero-order valence-electron chi connectivity index (χ0n) is 19.0. The second kappa shape index (κ2) is 12.1. The largest absolute Gasteiger partial charge is 0.465 e. The number of ether oxygens (including phenoxy) is 1. The molecule has 2 aromatic rings. The lowest BCUT2D eigenvalue weighted by atomic mass is 10.1. The van der Waals surface area contributed by atoms with Crippen LogP contribution in [-0.4, -0.2) is 63.3 Å². The molecule has 0 fully saturated rings. The molecule has 0 bridgehead atoms. The standard InChI is InChI=1S/C21H26N6O7/c1-4-34-17(29)11-27-9-5-6-14(21(27)33)25-18(30)13(7-8-16(28)20(32)22-2)24-19(31)15-10-23-12-26(15)3/h5-6,9-10,12-13H,4,7-8,11H2,1-3H3,(H,22,32)(H,24,31)(H,25,30)/t13-/m0/s1. The highest BCUT2D eigenvalue weighted by atomic mass is 16.5. The first-order chi connectivity index (χ1) is 16.2. The van der Waals surface area contributed by atoms with E-state index in [1.807, 2.05) is 0 Å². The third-order valence-electron chi connectivity index (χ3n) is 4.69. The third kappa shape index (κ3) is 6.85. The Bertz CT molecular complexity index is 1140. The number of anilines is 1. The molecule has 0 unspecified atom stereocenters. The normalized spacial score (nSPS) is 11.3. The molecule has 1 atom stereocenters. The molecule has 182 valence electrons. The van der Waals surface area contributed by atoms with Crippen LogP contribution in [-0.2, 0) is 37.5 Å². The Kier molecular flexibility index (Phi) is 9.23. The van der Waals surface area contributed by atoms with Crippen molar-refractivity contribution in [1.82, 2.24) is 24.8 Å². The van der Waals surface area contributed by atoms with Gasteiger partial charge in [0.05, 0.1) is 19.1 Å². The number of hydrogen-bond donors (Lipinski definition) is 3. The number of esters is 1. The summed E-state index contributed by atoms with van der Waals surface area (Å²) in [7, 11) is 2.88. The molecule has 3 amide bonds. The van der Waals surface area contributed by atoms with Gasteiger partial charge in [-0.3, -0.25) is 28.8 Å². The van der Waals surface area contributed by atoms with Crippen molar-refractivity contribution in [2.75, 3.05) is 19.0 Å². The van der Waals surface area contributed by atoms with Crippen molar-refractivity contribution >= 4 is 35.2 Å². The summed E-state index contributed by atoms with van der Waals surface area (Å²) in [6.45, 7) is 1.43. The van der Waals surface area contributed by atoms with Crippen LogP contribution in [0.25, 0.3) is 0 Å². The minimum Gasteiger partial charge on any atom is -0.465 e. The number of carbonyl (C=O) groups is 5. The molecule has 2 aromatic heterocycles. The second-order valence-corrected chi connectivity index (χ2v) is 7.11. The fourth-order valence-electron chi connectivity index (χ4n) is 2.93. The number of aromatic nitrogens is 3. The Balaban J connectivity index is 2.21. The molecule has 2 rings (SSSR count). The molecule has 0 spiro atoms. The fraction of sp³-hybridized carbons (Fsp3) is 0.381. The average Bonchev–Trinajstić information content (AvgIpc) is 3.24. The zero-order valence-corrected chi connectivity index (χ0v) is 19.0. The molecule has 0 aliphatic heterocycles. The minimum absolute atomic E-state index is 0.144. The quantitative estimate of drug-likeness (QED) is 0.274. The molecular weight excluding hydrogens is 448 g/mol. The minimum atomic E-state index is -1.26. The highest BCUT2D eigenvalue weighted by Crippen LogP contribution is 2.07. The maximum atomic E-state index is 12.9. The lowest BCUT2D eigenvalue weighted by Gasteiger charge is -2.18. The summed E-state index contributed by atoms with van der Waals surface area (Å²) in [6.07, 6.45) is 3.52. The van der Waals surface area contributed by atoms with Gasteiger partial charge in [0.1, 0.15) is 24.0 Å². The molecule has 3 N–H and O–H groups in total. The van der Waals surface area contributed by atoms with Gasteiger partial charge >= 0.3 is 5.97 Å². The average molecular weight is 474 g/mol. The van der Waals surface area contributed by atoms with Gasteiger partial charge in [-0.15, -0.1) is 0 Å². The highest BCUT2D eigenvalue weighted by molar-refractivity contribution is 6.36. The van der Waals surface area contributed by atoms with E-state index in [0.29, 0.717) is 0 Å². The Morgan fingerprint density at radius 1 is 1.21 bits per heavy atom. The van der Waals surface area contributed by atoms with Crippen molar-refractivity contribution in [3.05, 3.63) is 46.9 Å². The first-order valence-corrected chi connectivity index (χ1v) is 10.4. The molecule has 13 heteroatoms. The van der Waals surface area contributed by atoms with Crippen molar-refractivity contribution in [3.8, 4) is 0 Å². The summed E-state index contributed by atoms with van der Waals surface area (Å²) in [5.74, 6) is -3.65. The molecule has 0 aliphatic rings. The molecule has 0 saturated carbocycles. The number of nitrogens with one attached hydrogen (secondary N) is 3. The smallest absolute Gasteiger partial charge is 0.326 e. The zero-order chi connectivity index (χ0) is 25.3. The number of Topliss-reactive ketones (excluding diaryl/α,β-unsaturated/α-hetero) is 1. The predicted molar refractivity (Wildman–Crippen MR) is 119 cm³/mol. The van der Waals surface area contributed by atoms with Gasteiger partial charge in [0.2, 0.25) is 11.7 Å². The molecular formula is C21H26N6O7. The monoisotopic (exact) mass is 474 g/mol. The number of carbonyl (C=O) groups excluding carboxylic acids is 5. The molecule has 2 heterocycles. The summed E-state index contributed by atoms with van der Waals surface area (Å²) >= 11 is 0. The number of aryl methyl sites for hydroxylation is 1. The van der Waals surface area contributed by atoms with E-state index in [0.717, 1.165) is 4.57 Å². The van der Waals surface area contributed by atoms with Gasteiger partial charge < -0.3 is 29.8 Å². The van der Waals surface area contributed by atoms with Crippen LogP contribution in [0.2, 0.25) is 0 Å². The molecule has 0 saturated heterocycles. The first kappa shape index (κ1) is 26.0. The van der Waals surface area contributed by atoms with Gasteiger partial charge in [-0.2, -0.15) is 0 Å². The van der Waals surface area contributed by atoms with Crippen molar-refractivity contribution in [2.24, 2.45) is 7.05 Å². The molecule has 0 aromatic carbocycles. The van der Waals surface area contributed by atoms with Crippen molar-refractivity contribution in [3.63, 3.8) is 0 Å². The Morgan fingerprint density at radius 3 is 2.56 bits per heavy atom. The van der Waals surface area contributed by atoms with Gasteiger partial charge in [-0.1, -0.05) is 0 Å². The number of ketones is 1. The number of hydrogen-bond acceptors (Lipinski definition) is 8. The van der Waals surface area contributed by atoms with Crippen LogP contribution in [0, 0.1) is 0 Å². The summed E-state index contributed by atoms with van der Waals surface area (Å²) in [6, 6.07) is 1.53. The van der Waals surface area contributed by atoms with E-state index in [1.54, 1.807) is 14.0 Å². The number of amides is 3. The van der Waals surface area contributed by atoms with E-state index in [9.17, 15) is 28.8 Å². The van der Waals surface area contributed by atoms with Crippen LogP contribution in [0.4, 0.5) is 5.69 Å². The van der Waals surface area contributed by atoms with Crippen LogP contribution in [0.5, 0.6) is 0 Å². The van der Waals surface area contributed by atoms with E-state index < -0.39 is 41.1 Å². The number of imidazole rings is 1. The first-order valence-electron chi connectivity index (χ1n) is 10.4. The van der Waals surface area contributed by atoms with E-state index in [2.05, 4.69) is 20.9 Å². The van der Waals surface area contributed by atoms with Gasteiger partial charge in [-0.05, 0) is 25.5 Å². The lowest BCUT2D eigenvalue weighted by Crippen LogP contribution is -2.45. The molecule has 34 heavy (non-hydrogen) atoms. The molecule has 13 nitrogen and oxygen atoms in total. The third-order valence-corrected chi connectivity index (χ3v) is 4.69. The maximum Gasteiger partial charge on any atom is 0.326 e. The van der Waals surface area contributed by atoms with E-state index >= 15 is 0 Å². The Hall–Kier alpha value is -4.29. The number of nitrogens with zero attached hydrogens (tertiary/aromatic N) is 3. The number of likely N-dealkylation sites (N-methyl/N-ethyl adjacent to an activating group) is 1. The Morgan fingerprint density at radius 2 is 1.94 bits per heavy atom. The highest BCUT2D eigenvalue weighted by Gasteiger charge is 2.26. The molecule has 0 radical (unpaired) electrons. The SMILES string of the molecule is CCOC(=O)Cn1cccc(NC(=O)[C@H](CCC(=O)C(=O)NC)NC(=O)c2cncn2C)c1=O. The second-order valence-electron chi connectivity index (χ2n) is 7.11. The van der Waals surface area contributed by atoms with Crippen LogP contribution in [0.1, 0.15) is 30.3 Å². The van der Waals surface area contributed by atoms with Crippen LogP contribution >= 0.6 is 0 Å². The number of pyridine rings is 1. The summed E-state index contributed by atoms with van der Waals surface area (Å²) in [5.41, 5.74) is -0.650. The number of rotatable bonds is 11. The van der Waals surface area contributed by atoms with Gasteiger partial charge in [-0.25, -0.2) is 4.98 Å². The van der Waals surface area contributed by atoms with Crippen molar-refractivity contribution in [1.29, 1.82) is 0 Å². The summed E-state index contributed by atoms with van der Waals surface area (Å²) in [4.78, 5) is 77.2.